The summed E-state index contributed by atoms with van der Waals surface area (Å²) in [6.45, 7) is 2.45. The van der Waals surface area contributed by atoms with E-state index in [4.69, 9.17) is 16.3 Å². The Morgan fingerprint density at radius 1 is 1.19 bits per heavy atom. The summed E-state index contributed by atoms with van der Waals surface area (Å²) in [6, 6.07) is 10.6. The summed E-state index contributed by atoms with van der Waals surface area (Å²) in [5, 5.41) is 0.445. The van der Waals surface area contributed by atoms with E-state index in [9.17, 15) is 13.2 Å². The summed E-state index contributed by atoms with van der Waals surface area (Å²) in [7, 11) is -3.45. The number of aromatic nitrogens is 1. The number of aryl methyl sites for hydroxylation is 1. The quantitative estimate of drug-likeness (QED) is 0.737. The lowest BCUT2D eigenvalue weighted by Crippen LogP contribution is -2.56. The first-order chi connectivity index (χ1) is 12.8. The van der Waals surface area contributed by atoms with Gasteiger partial charge in [-0.3, -0.25) is 4.79 Å². The number of ether oxygens (including phenoxy) is 1. The fourth-order valence-corrected chi connectivity index (χ4v) is 5.24. The van der Waals surface area contributed by atoms with Gasteiger partial charge in [-0.15, -0.1) is 0 Å². The lowest BCUT2D eigenvalue weighted by atomic mass is 10.2. The molecule has 0 N–H and O–H groups in total. The second-order valence-electron chi connectivity index (χ2n) is 7.18. The molecule has 2 aromatic rings. The molecule has 0 bridgehead atoms. The maximum Gasteiger partial charge on any atom is 0.254 e. The van der Waals surface area contributed by atoms with Crippen LogP contribution in [0.5, 0.6) is 5.75 Å². The molecule has 0 amide bonds. The van der Waals surface area contributed by atoms with E-state index in [-0.39, 0.29) is 30.5 Å². The average Bonchev–Trinajstić information content (AvgIpc) is 3.36. The van der Waals surface area contributed by atoms with Crippen LogP contribution in [-0.2, 0) is 15.8 Å². The molecule has 1 saturated carbocycles. The molecular weight excluding hydrogens is 388 g/mol. The van der Waals surface area contributed by atoms with Gasteiger partial charge >= 0.3 is 0 Å². The second-order valence-corrected chi connectivity index (χ2v) is 9.55. The molecule has 0 atom stereocenters. The van der Waals surface area contributed by atoms with Crippen molar-refractivity contribution in [2.24, 2.45) is 0 Å². The van der Waals surface area contributed by atoms with Crippen molar-refractivity contribution in [2.45, 2.75) is 37.7 Å². The largest absolute Gasteiger partial charge is 0.487 e. The van der Waals surface area contributed by atoms with Gasteiger partial charge in [-0.25, -0.2) is 8.42 Å². The van der Waals surface area contributed by atoms with Crippen molar-refractivity contribution in [3.63, 3.8) is 0 Å². The third kappa shape index (κ3) is 3.90. The number of rotatable bonds is 6. The van der Waals surface area contributed by atoms with Gasteiger partial charge in [-0.2, -0.15) is 4.31 Å². The van der Waals surface area contributed by atoms with Crippen molar-refractivity contribution in [2.75, 3.05) is 13.1 Å². The van der Waals surface area contributed by atoms with Crippen molar-refractivity contribution in [1.29, 1.82) is 0 Å². The topological polar surface area (TPSA) is 68.6 Å². The zero-order chi connectivity index (χ0) is 19.2. The van der Waals surface area contributed by atoms with E-state index in [1.807, 2.05) is 13.0 Å². The second kappa shape index (κ2) is 6.96. The number of hydrogen-bond donors (Lipinski definition) is 0. The fourth-order valence-electron chi connectivity index (χ4n) is 3.35. The third-order valence-electron chi connectivity index (χ3n) is 4.95. The van der Waals surface area contributed by atoms with Crippen LogP contribution in [-0.4, -0.2) is 36.5 Å². The minimum Gasteiger partial charge on any atom is -0.487 e. The highest BCUT2D eigenvalue weighted by atomic mass is 35.5. The van der Waals surface area contributed by atoms with E-state index < -0.39 is 10.0 Å². The third-order valence-corrected chi connectivity index (χ3v) is 7.08. The van der Waals surface area contributed by atoms with Crippen LogP contribution in [0.15, 0.2) is 41.2 Å². The molecule has 4 rings (SSSR count). The minimum atomic E-state index is -3.45. The normalized spacial score (nSPS) is 18.3. The maximum atomic E-state index is 12.5. The molecule has 0 unspecified atom stereocenters. The molecule has 1 aromatic carbocycles. The number of sulfonamides is 1. The summed E-state index contributed by atoms with van der Waals surface area (Å²) >= 11 is 6.06. The zero-order valence-electron chi connectivity index (χ0n) is 15.0. The lowest BCUT2D eigenvalue weighted by molar-refractivity contribution is 0.0757. The highest BCUT2D eigenvalue weighted by molar-refractivity contribution is 7.88. The van der Waals surface area contributed by atoms with E-state index in [1.54, 1.807) is 28.8 Å². The highest BCUT2D eigenvalue weighted by Crippen LogP contribution is 2.35. The molecule has 0 spiro atoms. The molecule has 1 aromatic heterocycles. The maximum absolute atomic E-state index is 12.5. The predicted molar refractivity (Wildman–Crippen MR) is 104 cm³/mol. The van der Waals surface area contributed by atoms with E-state index >= 15 is 0 Å². The minimum absolute atomic E-state index is 0.0602. The summed E-state index contributed by atoms with van der Waals surface area (Å²) < 4.78 is 34.1. The summed E-state index contributed by atoms with van der Waals surface area (Å²) in [4.78, 5) is 12.3. The van der Waals surface area contributed by atoms with Crippen molar-refractivity contribution in [3.8, 4) is 5.75 Å². The first-order valence-electron chi connectivity index (χ1n) is 8.94. The molecule has 144 valence electrons. The summed E-state index contributed by atoms with van der Waals surface area (Å²) in [6.07, 6.45) is 1.84. The fraction of sp³-hybridized carbons (Fsp3) is 0.421. The number of pyridine rings is 1. The smallest absolute Gasteiger partial charge is 0.254 e. The lowest BCUT2D eigenvalue weighted by Gasteiger charge is -2.38. The Kier molecular flexibility index (Phi) is 4.78. The van der Waals surface area contributed by atoms with Crippen molar-refractivity contribution < 1.29 is 13.2 Å². The Balaban J connectivity index is 1.38. The Morgan fingerprint density at radius 2 is 1.89 bits per heavy atom. The molecule has 1 aliphatic heterocycles. The molecule has 27 heavy (non-hydrogen) atoms. The number of hydrogen-bond acceptors (Lipinski definition) is 4. The SMILES string of the molecule is Cc1cc(OC2CN(S(=O)(=O)Cc3ccccc3Cl)C2)cc(=O)n1C1CC1. The zero-order valence-corrected chi connectivity index (χ0v) is 16.5. The Labute approximate surface area is 163 Å². The van der Waals surface area contributed by atoms with Crippen molar-refractivity contribution in [1.82, 2.24) is 8.87 Å². The highest BCUT2D eigenvalue weighted by Gasteiger charge is 2.37. The number of benzene rings is 1. The van der Waals surface area contributed by atoms with Gasteiger partial charge in [0, 0.05) is 22.8 Å². The van der Waals surface area contributed by atoms with Crippen molar-refractivity contribution in [3.05, 3.63) is 63.0 Å². The van der Waals surface area contributed by atoms with E-state index in [0.717, 1.165) is 18.5 Å². The van der Waals surface area contributed by atoms with Crippen LogP contribution in [0.1, 0.15) is 30.1 Å². The van der Waals surface area contributed by atoms with Gasteiger partial charge < -0.3 is 9.30 Å². The van der Waals surface area contributed by atoms with E-state index in [0.29, 0.717) is 22.4 Å². The van der Waals surface area contributed by atoms with Crippen LogP contribution in [0.4, 0.5) is 0 Å². The van der Waals surface area contributed by atoms with Crippen LogP contribution in [0.2, 0.25) is 5.02 Å². The number of halogens is 1. The Bertz CT molecular complexity index is 1020. The number of nitrogens with zero attached hydrogens (tertiary/aromatic N) is 2. The van der Waals surface area contributed by atoms with Crippen LogP contribution >= 0.6 is 11.6 Å². The van der Waals surface area contributed by atoms with Crippen LogP contribution in [0.25, 0.3) is 0 Å². The van der Waals surface area contributed by atoms with Crippen molar-refractivity contribution >= 4 is 21.6 Å². The van der Waals surface area contributed by atoms with Gasteiger partial charge in [-0.1, -0.05) is 29.8 Å². The summed E-state index contributed by atoms with van der Waals surface area (Å²) in [5.74, 6) is 0.373. The molecule has 6 nitrogen and oxygen atoms in total. The Hall–Kier alpha value is -1.83. The molecule has 1 aliphatic carbocycles. The van der Waals surface area contributed by atoms with E-state index in [1.165, 1.54) is 10.4 Å². The standard InChI is InChI=1S/C19H21ClN2O4S/c1-13-8-16(9-19(23)22(13)15-6-7-15)26-17-10-21(11-17)27(24,25)12-14-4-2-3-5-18(14)20/h2-5,8-9,15,17H,6-7,10-12H2,1H3. The first kappa shape index (κ1) is 18.5. The molecule has 8 heteroatoms. The predicted octanol–water partition coefficient (Wildman–Crippen LogP) is 2.74. The monoisotopic (exact) mass is 408 g/mol. The molecule has 2 aliphatic rings. The molecule has 2 fully saturated rings. The summed E-state index contributed by atoms with van der Waals surface area (Å²) in [5.41, 5.74) is 1.40. The van der Waals surface area contributed by atoms with Crippen LogP contribution < -0.4 is 10.3 Å². The molecule has 2 heterocycles. The molecular formula is C19H21ClN2O4S. The van der Waals surface area contributed by atoms with Gasteiger partial charge in [0.2, 0.25) is 10.0 Å². The van der Waals surface area contributed by atoms with Gasteiger partial charge in [0.1, 0.15) is 11.9 Å². The average molecular weight is 409 g/mol. The van der Waals surface area contributed by atoms with Crippen LogP contribution in [0, 0.1) is 6.92 Å². The first-order valence-corrected chi connectivity index (χ1v) is 10.9. The molecule has 0 radical (unpaired) electrons. The Morgan fingerprint density at radius 3 is 2.52 bits per heavy atom. The van der Waals surface area contributed by atoms with Gasteiger partial charge in [0.05, 0.1) is 18.8 Å². The van der Waals surface area contributed by atoms with Crippen LogP contribution in [0.3, 0.4) is 0 Å². The molecule has 1 saturated heterocycles. The van der Waals surface area contributed by atoms with Gasteiger partial charge in [0.15, 0.2) is 0 Å². The van der Waals surface area contributed by atoms with Gasteiger partial charge in [-0.05, 0) is 37.5 Å². The van der Waals surface area contributed by atoms with E-state index in [2.05, 4.69) is 0 Å². The van der Waals surface area contributed by atoms with Gasteiger partial charge in [0.25, 0.3) is 5.56 Å².